The number of aromatic carboxylic acids is 1. The lowest BCUT2D eigenvalue weighted by atomic mass is 9.88. The molecule has 12 heteroatoms. The number of carbonyl (C=O) groups excluding carboxylic acids is 2. The number of thiazole rings is 1. The van der Waals surface area contributed by atoms with Crippen molar-refractivity contribution in [3.8, 4) is 16.9 Å². The number of nitrogens with zero attached hydrogens (tertiary/aromatic N) is 4. The van der Waals surface area contributed by atoms with E-state index in [4.69, 9.17) is 9.47 Å². The van der Waals surface area contributed by atoms with Crippen molar-refractivity contribution in [3.05, 3.63) is 101 Å². The topological polar surface area (TPSA) is 134 Å². The summed E-state index contributed by atoms with van der Waals surface area (Å²) >= 11 is 1.43. The van der Waals surface area contributed by atoms with Crippen molar-refractivity contribution in [1.82, 2.24) is 14.9 Å². The summed E-state index contributed by atoms with van der Waals surface area (Å²) in [6, 6.07) is 23.0. The van der Waals surface area contributed by atoms with Crippen LogP contribution in [0.3, 0.4) is 0 Å². The third kappa shape index (κ3) is 8.98. The van der Waals surface area contributed by atoms with E-state index in [1.807, 2.05) is 91.5 Å². The first-order valence-electron chi connectivity index (χ1n) is 19.0. The number of likely N-dealkylation sites (tertiary alicyclic amines) is 1. The number of ether oxygens (including phenoxy) is 2. The molecule has 4 heterocycles. The summed E-state index contributed by atoms with van der Waals surface area (Å²) in [7, 11) is 0. The van der Waals surface area contributed by atoms with Crippen molar-refractivity contribution >= 4 is 50.3 Å². The molecule has 2 aliphatic heterocycles. The van der Waals surface area contributed by atoms with Crippen LogP contribution in [-0.4, -0.2) is 77.2 Å². The molecule has 286 valence electrons. The highest BCUT2D eigenvalue weighted by atomic mass is 32.1. The first-order valence-corrected chi connectivity index (χ1v) is 19.9. The molecule has 0 spiro atoms. The van der Waals surface area contributed by atoms with Gasteiger partial charge in [-0.25, -0.2) is 14.8 Å². The number of carboxylic acids is 1. The number of rotatable bonds is 13. The van der Waals surface area contributed by atoms with Gasteiger partial charge in [-0.15, -0.1) is 0 Å². The maximum absolute atomic E-state index is 13.5. The average molecular weight is 762 g/mol. The molecular formula is C43H47N5O6S. The molecule has 1 atom stereocenters. The molecule has 55 heavy (non-hydrogen) atoms. The molecule has 0 bridgehead atoms. The number of pyridine rings is 1. The minimum atomic E-state index is -1.11. The van der Waals surface area contributed by atoms with Crippen LogP contribution in [0.1, 0.15) is 70.6 Å². The normalized spacial score (nSPS) is 15.4. The van der Waals surface area contributed by atoms with Crippen molar-refractivity contribution < 1.29 is 29.0 Å². The molecule has 3 aromatic carbocycles. The minimum Gasteiger partial charge on any atom is -0.493 e. The standard InChI is InChI=1S/C43H47N5O6S/c1-4-53-39(49)25-47-19-16-29(17-20-47)22-27(2)26-54-31-12-13-32(28(3)23-31)33-14-15-38(45-40(33)42(51)52)48-21-18-30-8-7-9-34(35(30)24-48)41(50)46-43-44-36-10-5-6-11-37(36)55-43/h5-15,23,27,29H,4,16-22,24-26H2,1-3H3,(H,51,52)(H,44,46,50). The lowest BCUT2D eigenvalue weighted by molar-refractivity contribution is -0.144. The number of esters is 1. The predicted molar refractivity (Wildman–Crippen MR) is 215 cm³/mol. The van der Waals surface area contributed by atoms with Crippen LogP contribution in [0.25, 0.3) is 21.3 Å². The average Bonchev–Trinajstić information content (AvgIpc) is 3.59. The number of nitrogens with one attached hydrogen (secondary N) is 1. The van der Waals surface area contributed by atoms with Crippen LogP contribution < -0.4 is 15.0 Å². The number of carbonyl (C=O) groups is 3. The smallest absolute Gasteiger partial charge is 0.355 e. The fourth-order valence-electron chi connectivity index (χ4n) is 7.76. The van der Waals surface area contributed by atoms with Gasteiger partial charge in [0, 0.05) is 24.2 Å². The Kier molecular flexibility index (Phi) is 11.7. The Labute approximate surface area is 325 Å². The predicted octanol–water partition coefficient (Wildman–Crippen LogP) is 7.86. The largest absolute Gasteiger partial charge is 0.493 e. The number of hydrogen-bond acceptors (Lipinski definition) is 10. The lowest BCUT2D eigenvalue weighted by Gasteiger charge is -2.32. The lowest BCUT2D eigenvalue weighted by Crippen LogP contribution is -2.38. The van der Waals surface area contributed by atoms with Gasteiger partial charge in [-0.2, -0.15) is 0 Å². The summed E-state index contributed by atoms with van der Waals surface area (Å²) in [5, 5.41) is 13.9. The zero-order valence-corrected chi connectivity index (χ0v) is 32.4. The van der Waals surface area contributed by atoms with E-state index < -0.39 is 5.97 Å². The van der Waals surface area contributed by atoms with Gasteiger partial charge in [0.2, 0.25) is 0 Å². The number of aromatic nitrogens is 2. The van der Waals surface area contributed by atoms with Gasteiger partial charge < -0.3 is 19.5 Å². The van der Waals surface area contributed by atoms with E-state index in [0.717, 1.165) is 70.6 Å². The number of benzene rings is 3. The van der Waals surface area contributed by atoms with E-state index in [9.17, 15) is 19.5 Å². The molecule has 1 amide bonds. The monoisotopic (exact) mass is 761 g/mol. The van der Waals surface area contributed by atoms with Crippen molar-refractivity contribution in [2.75, 3.05) is 49.6 Å². The van der Waals surface area contributed by atoms with Gasteiger partial charge in [-0.1, -0.05) is 48.6 Å². The molecule has 2 N–H and O–H groups in total. The van der Waals surface area contributed by atoms with Crippen LogP contribution in [0.2, 0.25) is 0 Å². The van der Waals surface area contributed by atoms with E-state index in [1.165, 1.54) is 11.3 Å². The molecule has 1 saturated heterocycles. The number of carboxylic acid groups (broad SMARTS) is 1. The van der Waals surface area contributed by atoms with Gasteiger partial charge in [0.1, 0.15) is 11.6 Å². The van der Waals surface area contributed by atoms with Crippen LogP contribution in [0.5, 0.6) is 5.75 Å². The van der Waals surface area contributed by atoms with Crippen molar-refractivity contribution in [3.63, 3.8) is 0 Å². The summed E-state index contributed by atoms with van der Waals surface area (Å²) in [5.41, 5.74) is 5.58. The van der Waals surface area contributed by atoms with Crippen molar-refractivity contribution in [1.29, 1.82) is 0 Å². The number of fused-ring (bicyclic) bond motifs is 2. The number of amides is 1. The Morgan fingerprint density at radius 1 is 0.982 bits per heavy atom. The van der Waals surface area contributed by atoms with E-state index in [-0.39, 0.29) is 17.6 Å². The van der Waals surface area contributed by atoms with E-state index >= 15 is 0 Å². The van der Waals surface area contributed by atoms with E-state index in [2.05, 4.69) is 27.1 Å². The summed E-state index contributed by atoms with van der Waals surface area (Å²) in [5.74, 6) is 0.767. The molecule has 7 rings (SSSR count). The Morgan fingerprint density at radius 2 is 1.78 bits per heavy atom. The highest BCUT2D eigenvalue weighted by molar-refractivity contribution is 7.22. The van der Waals surface area contributed by atoms with Crippen molar-refractivity contribution in [2.45, 2.75) is 53.0 Å². The van der Waals surface area contributed by atoms with Gasteiger partial charge in [0.25, 0.3) is 5.91 Å². The second-order valence-corrected chi connectivity index (χ2v) is 15.6. The molecule has 2 aliphatic rings. The molecule has 1 unspecified atom stereocenters. The fourth-order valence-corrected chi connectivity index (χ4v) is 8.62. The SMILES string of the molecule is CCOC(=O)CN1CCC(CC(C)COc2ccc(-c3ccc(N4CCc5cccc(C(=O)Nc6nc7ccccc7s6)c5C4)nc3C(=O)O)c(C)c2)CC1. The zero-order valence-electron chi connectivity index (χ0n) is 31.5. The molecule has 0 aliphatic carbocycles. The quantitative estimate of drug-likeness (QED) is 0.114. The van der Waals surface area contributed by atoms with Crippen LogP contribution >= 0.6 is 11.3 Å². The third-order valence-electron chi connectivity index (χ3n) is 10.6. The van der Waals surface area contributed by atoms with Gasteiger partial charge in [-0.3, -0.25) is 19.8 Å². The van der Waals surface area contributed by atoms with E-state index in [0.29, 0.717) is 73.2 Å². The maximum atomic E-state index is 13.5. The highest BCUT2D eigenvalue weighted by Crippen LogP contribution is 2.34. The first kappa shape index (κ1) is 38.0. The summed E-state index contributed by atoms with van der Waals surface area (Å²) in [4.78, 5) is 51.5. The second kappa shape index (κ2) is 17.0. The summed E-state index contributed by atoms with van der Waals surface area (Å²) in [6.07, 6.45) is 3.88. The number of hydrogen-bond donors (Lipinski definition) is 2. The summed E-state index contributed by atoms with van der Waals surface area (Å²) in [6.45, 7) is 10.2. The second-order valence-electron chi connectivity index (χ2n) is 14.6. The van der Waals surface area contributed by atoms with Gasteiger partial charge >= 0.3 is 11.9 Å². The van der Waals surface area contributed by atoms with Crippen molar-refractivity contribution in [2.24, 2.45) is 11.8 Å². The van der Waals surface area contributed by atoms with Crippen LogP contribution in [-0.2, 0) is 22.5 Å². The van der Waals surface area contributed by atoms with Gasteiger partial charge in [0.05, 0.1) is 30.0 Å². The van der Waals surface area contributed by atoms with Crippen LogP contribution in [0.4, 0.5) is 10.9 Å². The highest BCUT2D eigenvalue weighted by Gasteiger charge is 2.26. The Bertz CT molecular complexity index is 2160. The molecule has 11 nitrogen and oxygen atoms in total. The zero-order chi connectivity index (χ0) is 38.5. The number of para-hydroxylation sites is 1. The summed E-state index contributed by atoms with van der Waals surface area (Å²) < 4.78 is 12.3. The molecule has 2 aromatic heterocycles. The molecular weight excluding hydrogens is 715 g/mol. The number of piperidine rings is 1. The Balaban J connectivity index is 0.988. The molecule has 0 saturated carbocycles. The molecule has 5 aromatic rings. The van der Waals surface area contributed by atoms with Gasteiger partial charge in [0.15, 0.2) is 10.8 Å². The molecule has 1 fully saturated rings. The fraction of sp³-hybridized carbons (Fsp3) is 0.372. The van der Waals surface area contributed by atoms with Gasteiger partial charge in [-0.05, 0) is 129 Å². The number of anilines is 2. The molecule has 0 radical (unpaired) electrons. The number of aryl methyl sites for hydroxylation is 1. The minimum absolute atomic E-state index is 0.0242. The first-order chi connectivity index (χ1) is 26.6. The van der Waals surface area contributed by atoms with E-state index in [1.54, 1.807) is 0 Å². The third-order valence-corrected chi connectivity index (χ3v) is 11.5. The maximum Gasteiger partial charge on any atom is 0.355 e. The van der Waals surface area contributed by atoms with Crippen LogP contribution in [0.15, 0.2) is 72.8 Å². The van der Waals surface area contributed by atoms with Crippen LogP contribution in [0, 0.1) is 18.8 Å². The Hall–Kier alpha value is -5.33. The Morgan fingerprint density at radius 3 is 2.55 bits per heavy atom.